The van der Waals surface area contributed by atoms with E-state index in [9.17, 15) is 8.42 Å². The number of benzene rings is 1. The molecule has 31 heavy (non-hydrogen) atoms. The van der Waals surface area contributed by atoms with Crippen molar-refractivity contribution in [2.24, 2.45) is 0 Å². The van der Waals surface area contributed by atoms with Gasteiger partial charge in [0.05, 0.1) is 10.4 Å². The molecule has 0 saturated heterocycles. The molecule has 4 aromatic rings. The Morgan fingerprint density at radius 2 is 1.74 bits per heavy atom. The van der Waals surface area contributed by atoms with Crippen LogP contribution in [-0.2, 0) is 22.9 Å². The molecule has 0 saturated carbocycles. The lowest BCUT2D eigenvalue weighted by Gasteiger charge is -2.11. The number of aromatic nitrogens is 4. The topological polar surface area (TPSA) is 118 Å². The summed E-state index contributed by atoms with van der Waals surface area (Å²) in [6, 6.07) is 12.7. The van der Waals surface area contributed by atoms with E-state index in [4.69, 9.17) is 5.73 Å². The predicted molar refractivity (Wildman–Crippen MR) is 121 cm³/mol. The van der Waals surface area contributed by atoms with Crippen molar-refractivity contribution in [1.82, 2.24) is 24.2 Å². The van der Waals surface area contributed by atoms with Crippen molar-refractivity contribution in [2.45, 2.75) is 24.7 Å². The predicted octanol–water partition coefficient (Wildman–Crippen LogP) is 2.95. The maximum absolute atomic E-state index is 12.2. The first-order chi connectivity index (χ1) is 14.7. The third-order valence-corrected chi connectivity index (χ3v) is 6.99. The quantitative estimate of drug-likeness (QED) is 0.480. The number of hydrogen-bond acceptors (Lipinski definition) is 6. The normalized spacial score (nSPS) is 12.0. The van der Waals surface area contributed by atoms with Gasteiger partial charge in [0.25, 0.3) is 0 Å². The number of nitrogens with zero attached hydrogens (tertiary/aromatic N) is 4. The molecule has 0 atom stereocenters. The number of pyridine rings is 2. The number of nitrogen functional groups attached to an aromatic ring is 1. The fourth-order valence-electron chi connectivity index (χ4n) is 3.23. The number of imidazole rings is 1. The molecule has 8 nitrogen and oxygen atoms in total. The maximum atomic E-state index is 12.2. The van der Waals surface area contributed by atoms with Crippen LogP contribution in [0.15, 0.2) is 53.6 Å². The van der Waals surface area contributed by atoms with E-state index in [1.807, 2.05) is 25.1 Å². The van der Waals surface area contributed by atoms with E-state index in [-0.39, 0.29) is 4.90 Å². The molecule has 0 aliphatic heterocycles. The van der Waals surface area contributed by atoms with Gasteiger partial charge in [-0.25, -0.2) is 27.7 Å². The van der Waals surface area contributed by atoms with Crippen molar-refractivity contribution in [3.05, 3.63) is 65.7 Å². The number of H-pyrrole nitrogens is 1. The van der Waals surface area contributed by atoms with Crippen molar-refractivity contribution in [3.8, 4) is 11.1 Å². The first-order valence-corrected chi connectivity index (χ1v) is 11.3. The van der Waals surface area contributed by atoms with Gasteiger partial charge in [-0.1, -0.05) is 18.2 Å². The summed E-state index contributed by atoms with van der Waals surface area (Å²) >= 11 is 0. The highest BCUT2D eigenvalue weighted by molar-refractivity contribution is 7.89. The SMILES string of the molecule is Cc1ccc(CCc2nc3ncc(-c4ccc(S(=O)(=O)N(C)C)cc4)cc3[nH]2)nc1N. The van der Waals surface area contributed by atoms with Crippen LogP contribution in [0.3, 0.4) is 0 Å². The van der Waals surface area contributed by atoms with Gasteiger partial charge in [-0.2, -0.15) is 0 Å². The number of aromatic amines is 1. The Bertz CT molecular complexity index is 1340. The highest BCUT2D eigenvalue weighted by Gasteiger charge is 2.17. The second-order valence-electron chi connectivity index (χ2n) is 7.60. The molecule has 0 radical (unpaired) electrons. The Labute approximate surface area is 181 Å². The zero-order valence-corrected chi connectivity index (χ0v) is 18.4. The Kier molecular flexibility index (Phi) is 5.47. The van der Waals surface area contributed by atoms with E-state index in [1.54, 1.807) is 30.5 Å². The molecule has 160 valence electrons. The van der Waals surface area contributed by atoms with Crippen molar-refractivity contribution in [3.63, 3.8) is 0 Å². The molecule has 0 aliphatic rings. The molecule has 0 aliphatic carbocycles. The minimum absolute atomic E-state index is 0.254. The second-order valence-corrected chi connectivity index (χ2v) is 9.75. The Balaban J connectivity index is 1.54. The fourth-order valence-corrected chi connectivity index (χ4v) is 4.13. The molecule has 3 N–H and O–H groups in total. The van der Waals surface area contributed by atoms with E-state index in [0.717, 1.165) is 40.1 Å². The van der Waals surface area contributed by atoms with Crippen molar-refractivity contribution in [2.75, 3.05) is 19.8 Å². The molecular formula is C22H24N6O2S. The smallest absolute Gasteiger partial charge is 0.242 e. The van der Waals surface area contributed by atoms with E-state index >= 15 is 0 Å². The first-order valence-electron chi connectivity index (χ1n) is 9.83. The monoisotopic (exact) mass is 436 g/mol. The Morgan fingerprint density at radius 1 is 1.00 bits per heavy atom. The lowest BCUT2D eigenvalue weighted by Crippen LogP contribution is -2.22. The van der Waals surface area contributed by atoms with Gasteiger partial charge in [0.15, 0.2) is 5.65 Å². The largest absolute Gasteiger partial charge is 0.383 e. The van der Waals surface area contributed by atoms with Gasteiger partial charge in [0.1, 0.15) is 11.6 Å². The zero-order chi connectivity index (χ0) is 22.2. The number of nitrogens with two attached hydrogens (primary N) is 1. The molecular weight excluding hydrogens is 412 g/mol. The lowest BCUT2D eigenvalue weighted by atomic mass is 10.1. The van der Waals surface area contributed by atoms with Crippen LogP contribution in [0, 0.1) is 6.92 Å². The number of anilines is 1. The van der Waals surface area contributed by atoms with Gasteiger partial charge in [-0.05, 0) is 48.7 Å². The molecule has 0 spiro atoms. The summed E-state index contributed by atoms with van der Waals surface area (Å²) in [5.74, 6) is 1.38. The molecule has 0 fully saturated rings. The van der Waals surface area contributed by atoms with E-state index in [0.29, 0.717) is 17.9 Å². The summed E-state index contributed by atoms with van der Waals surface area (Å²) in [5.41, 5.74) is 11.0. The first kappa shape index (κ1) is 21.0. The highest BCUT2D eigenvalue weighted by atomic mass is 32.2. The summed E-state index contributed by atoms with van der Waals surface area (Å²) in [6.07, 6.45) is 3.15. The van der Waals surface area contributed by atoms with Crippen LogP contribution in [0.2, 0.25) is 0 Å². The number of nitrogens with one attached hydrogen (secondary N) is 1. The Hall–Kier alpha value is -3.30. The van der Waals surface area contributed by atoms with Gasteiger partial charge >= 0.3 is 0 Å². The van der Waals surface area contributed by atoms with Crippen LogP contribution in [0.25, 0.3) is 22.3 Å². The third-order valence-electron chi connectivity index (χ3n) is 5.16. The van der Waals surface area contributed by atoms with Gasteiger partial charge in [0.2, 0.25) is 10.0 Å². The summed E-state index contributed by atoms with van der Waals surface area (Å²) in [7, 11) is -0.424. The molecule has 9 heteroatoms. The van der Waals surface area contributed by atoms with Crippen LogP contribution in [0.5, 0.6) is 0 Å². The van der Waals surface area contributed by atoms with Crippen molar-refractivity contribution >= 4 is 27.0 Å². The van der Waals surface area contributed by atoms with Gasteiger partial charge < -0.3 is 10.7 Å². The molecule has 1 aromatic carbocycles. The summed E-state index contributed by atoms with van der Waals surface area (Å²) in [6.45, 7) is 1.93. The lowest BCUT2D eigenvalue weighted by molar-refractivity contribution is 0.521. The summed E-state index contributed by atoms with van der Waals surface area (Å²) in [4.78, 5) is 17.0. The second kappa shape index (κ2) is 8.09. The van der Waals surface area contributed by atoms with Crippen LogP contribution >= 0.6 is 0 Å². The minimum Gasteiger partial charge on any atom is -0.383 e. The minimum atomic E-state index is -3.45. The summed E-state index contributed by atoms with van der Waals surface area (Å²) < 4.78 is 25.7. The molecule has 0 unspecified atom stereocenters. The molecule has 0 amide bonds. The van der Waals surface area contributed by atoms with Crippen LogP contribution in [-0.4, -0.2) is 46.8 Å². The van der Waals surface area contributed by atoms with Crippen LogP contribution in [0.1, 0.15) is 17.1 Å². The number of rotatable bonds is 6. The highest BCUT2D eigenvalue weighted by Crippen LogP contribution is 2.24. The van der Waals surface area contributed by atoms with Crippen LogP contribution in [0.4, 0.5) is 5.82 Å². The van der Waals surface area contributed by atoms with Crippen LogP contribution < -0.4 is 5.73 Å². The van der Waals surface area contributed by atoms with Crippen molar-refractivity contribution in [1.29, 1.82) is 0 Å². The number of fused-ring (bicyclic) bond motifs is 1. The van der Waals surface area contributed by atoms with Crippen molar-refractivity contribution < 1.29 is 8.42 Å². The average Bonchev–Trinajstić information content (AvgIpc) is 3.16. The van der Waals surface area contributed by atoms with E-state index in [1.165, 1.54) is 18.4 Å². The third kappa shape index (κ3) is 4.28. The molecule has 0 bridgehead atoms. The fraction of sp³-hybridized carbons (Fsp3) is 0.227. The maximum Gasteiger partial charge on any atom is 0.242 e. The molecule has 3 heterocycles. The van der Waals surface area contributed by atoms with Gasteiger partial charge in [-0.3, -0.25) is 0 Å². The number of hydrogen-bond donors (Lipinski definition) is 2. The van der Waals surface area contributed by atoms with Gasteiger partial charge in [-0.15, -0.1) is 0 Å². The van der Waals surface area contributed by atoms with E-state index in [2.05, 4.69) is 19.9 Å². The average molecular weight is 437 g/mol. The van der Waals surface area contributed by atoms with E-state index < -0.39 is 10.0 Å². The molecule has 3 aromatic heterocycles. The summed E-state index contributed by atoms with van der Waals surface area (Å²) in [5, 5.41) is 0. The Morgan fingerprint density at radius 3 is 2.42 bits per heavy atom. The van der Waals surface area contributed by atoms with Gasteiger partial charge in [0, 0.05) is 38.0 Å². The molecule has 4 rings (SSSR count). The standard InChI is InChI=1S/C22H24N6O2S/c1-14-4-7-17(25-21(14)23)8-11-20-26-19-12-16(13-24-22(19)27-20)15-5-9-18(10-6-15)31(29,30)28(2)3/h4-7,9-10,12-13H,8,11H2,1-3H3,(H2,23,25)(H,24,26,27). The number of sulfonamides is 1. The zero-order valence-electron chi connectivity index (χ0n) is 17.6. The number of aryl methyl sites for hydroxylation is 3.